The van der Waals surface area contributed by atoms with Crippen LogP contribution < -0.4 is 9.80 Å². The molecule has 4 heterocycles. The third-order valence-electron chi connectivity index (χ3n) is 6.29. The number of halogens is 2. The highest BCUT2D eigenvalue weighted by molar-refractivity contribution is 5.91. The van der Waals surface area contributed by atoms with E-state index in [2.05, 4.69) is 20.6 Å². The van der Waals surface area contributed by atoms with Crippen LogP contribution in [0.5, 0.6) is 0 Å². The molecular formula is C24H20F2N8O4. The van der Waals surface area contributed by atoms with Crippen molar-refractivity contribution in [1.29, 1.82) is 0 Å². The quantitative estimate of drug-likeness (QED) is 0.363. The molecule has 2 fully saturated rings. The molecule has 1 unspecified atom stereocenters. The van der Waals surface area contributed by atoms with Gasteiger partial charge in [-0.25, -0.2) is 27.7 Å². The zero-order valence-electron chi connectivity index (χ0n) is 19.7. The molecule has 6 rings (SSSR count). The number of nitrogens with zero attached hydrogens (tertiary/aromatic N) is 8. The van der Waals surface area contributed by atoms with Crippen LogP contribution in [-0.2, 0) is 22.6 Å². The number of benzene rings is 2. The molecule has 2 aromatic carbocycles. The summed E-state index contributed by atoms with van der Waals surface area (Å²) in [4.78, 5) is 27.3. The molecule has 2 aliphatic rings. The van der Waals surface area contributed by atoms with Gasteiger partial charge in [-0.15, -0.1) is 10.2 Å². The minimum Gasteiger partial charge on any atom is -0.442 e. The van der Waals surface area contributed by atoms with E-state index in [0.717, 1.165) is 12.1 Å². The molecule has 2 amide bonds. The highest BCUT2D eigenvalue weighted by Gasteiger charge is 2.34. The fraction of sp³-hybridized carbons (Fsp3) is 0.250. The van der Waals surface area contributed by atoms with Gasteiger partial charge in [0.25, 0.3) is 0 Å². The van der Waals surface area contributed by atoms with E-state index in [1.807, 2.05) is 0 Å². The molecule has 2 saturated heterocycles. The van der Waals surface area contributed by atoms with Gasteiger partial charge in [-0.1, -0.05) is 10.4 Å². The first-order valence-electron chi connectivity index (χ1n) is 11.7. The van der Waals surface area contributed by atoms with Gasteiger partial charge in [0.1, 0.15) is 23.8 Å². The van der Waals surface area contributed by atoms with E-state index in [1.54, 1.807) is 12.4 Å². The number of amides is 2. The predicted octanol–water partition coefficient (Wildman–Crippen LogP) is 2.87. The van der Waals surface area contributed by atoms with E-state index < -0.39 is 36.0 Å². The third kappa shape index (κ3) is 4.51. The summed E-state index contributed by atoms with van der Waals surface area (Å²) >= 11 is 0. The SMILES string of the molecule is O=C1OC(Cn2ccnn2)CN1c1ccc(-c2ccc(N3C[C@H](Cn4ccnn4)OC3=O)cc2F)c(F)c1. The van der Waals surface area contributed by atoms with Gasteiger partial charge in [-0.05, 0) is 36.4 Å². The maximum absolute atomic E-state index is 15.1. The number of aromatic nitrogens is 6. The van der Waals surface area contributed by atoms with Gasteiger partial charge >= 0.3 is 12.2 Å². The van der Waals surface area contributed by atoms with Gasteiger partial charge in [0.15, 0.2) is 0 Å². The summed E-state index contributed by atoms with van der Waals surface area (Å²) in [5.41, 5.74) is 0.593. The molecule has 12 nitrogen and oxygen atoms in total. The number of cyclic esters (lactones) is 2. The van der Waals surface area contributed by atoms with Crippen molar-refractivity contribution in [2.24, 2.45) is 0 Å². The number of ether oxygens (including phenoxy) is 2. The second-order valence-electron chi connectivity index (χ2n) is 8.81. The third-order valence-corrected chi connectivity index (χ3v) is 6.29. The van der Waals surface area contributed by atoms with Gasteiger partial charge in [0.2, 0.25) is 0 Å². The lowest BCUT2D eigenvalue weighted by Gasteiger charge is -2.16. The van der Waals surface area contributed by atoms with Crippen LogP contribution in [0.15, 0.2) is 61.2 Å². The highest BCUT2D eigenvalue weighted by atomic mass is 19.1. The minimum atomic E-state index is -0.713. The zero-order chi connectivity index (χ0) is 26.2. The van der Waals surface area contributed by atoms with Gasteiger partial charge < -0.3 is 9.47 Å². The summed E-state index contributed by atoms with van der Waals surface area (Å²) < 4.78 is 44.0. The second kappa shape index (κ2) is 9.53. The molecule has 0 spiro atoms. The number of carbonyl (C=O) groups excluding carboxylic acids is 2. The zero-order valence-corrected chi connectivity index (χ0v) is 19.7. The average molecular weight is 522 g/mol. The summed E-state index contributed by atoms with van der Waals surface area (Å²) in [6.45, 7) is 1.02. The summed E-state index contributed by atoms with van der Waals surface area (Å²) in [5.74, 6) is -1.43. The Morgan fingerprint density at radius 2 is 1.18 bits per heavy atom. The van der Waals surface area contributed by atoms with Gasteiger partial charge in [-0.2, -0.15) is 0 Å². The first-order chi connectivity index (χ1) is 18.4. The molecule has 0 saturated carbocycles. The van der Waals surface area contributed by atoms with Crippen LogP contribution in [0, 0.1) is 11.6 Å². The molecule has 4 aromatic rings. The monoisotopic (exact) mass is 522 g/mol. The Bertz CT molecular complexity index is 1370. The van der Waals surface area contributed by atoms with E-state index in [1.165, 1.54) is 55.8 Å². The summed E-state index contributed by atoms with van der Waals surface area (Å²) in [7, 11) is 0. The number of hydrogen-bond acceptors (Lipinski definition) is 8. The number of carbonyl (C=O) groups is 2. The maximum atomic E-state index is 15.1. The smallest absolute Gasteiger partial charge is 0.414 e. The molecule has 2 atom stereocenters. The Labute approximate surface area is 214 Å². The highest BCUT2D eigenvalue weighted by Crippen LogP contribution is 2.33. The molecule has 194 valence electrons. The Morgan fingerprint density at radius 3 is 1.55 bits per heavy atom. The van der Waals surface area contributed by atoms with Crippen molar-refractivity contribution in [2.45, 2.75) is 25.3 Å². The van der Waals surface area contributed by atoms with Crippen LogP contribution in [0.25, 0.3) is 11.1 Å². The number of hydrogen-bond donors (Lipinski definition) is 0. The normalized spacial score (nSPS) is 19.2. The van der Waals surface area contributed by atoms with Crippen molar-refractivity contribution >= 4 is 23.6 Å². The second-order valence-corrected chi connectivity index (χ2v) is 8.81. The van der Waals surface area contributed by atoms with Crippen LogP contribution in [0.2, 0.25) is 0 Å². The molecule has 14 heteroatoms. The lowest BCUT2D eigenvalue weighted by Crippen LogP contribution is -2.26. The Balaban J connectivity index is 1.16. The standard InChI is InChI=1S/C24H20F2N8O4/c25-21-9-15(33-13-17(37-23(33)35)11-31-7-5-27-29-31)1-3-19(21)20-4-2-16(10-22(20)26)34-14-18(38-24(34)36)12-32-8-6-28-30-32/h1-10,17-18H,11-14H2/t17-,18?/m0/s1. The van der Waals surface area contributed by atoms with Gasteiger partial charge in [-0.3, -0.25) is 9.80 Å². The molecule has 0 bridgehead atoms. The molecule has 0 radical (unpaired) electrons. The van der Waals surface area contributed by atoms with Gasteiger partial charge in [0.05, 0.1) is 49.9 Å². The van der Waals surface area contributed by atoms with Crippen molar-refractivity contribution in [3.05, 3.63) is 72.8 Å². The molecule has 0 N–H and O–H groups in total. The van der Waals surface area contributed by atoms with Crippen LogP contribution in [0.3, 0.4) is 0 Å². The van der Waals surface area contributed by atoms with Crippen LogP contribution in [0.4, 0.5) is 29.7 Å². The predicted molar refractivity (Wildman–Crippen MR) is 127 cm³/mol. The van der Waals surface area contributed by atoms with Crippen molar-refractivity contribution in [2.75, 3.05) is 22.9 Å². The average Bonchev–Trinajstić information content (AvgIpc) is 3.70. The lowest BCUT2D eigenvalue weighted by atomic mass is 10.0. The number of anilines is 2. The summed E-state index contributed by atoms with van der Waals surface area (Å²) in [6, 6.07) is 8.18. The topological polar surface area (TPSA) is 121 Å². The fourth-order valence-electron chi connectivity index (χ4n) is 4.51. The minimum absolute atomic E-state index is 0.0117. The largest absolute Gasteiger partial charge is 0.442 e. The van der Waals surface area contributed by atoms with E-state index >= 15 is 8.78 Å². The molecular weight excluding hydrogens is 502 g/mol. The van der Waals surface area contributed by atoms with Crippen LogP contribution in [0.1, 0.15) is 0 Å². The summed E-state index contributed by atoms with van der Waals surface area (Å²) in [5, 5.41) is 15.1. The molecule has 0 aliphatic carbocycles. The van der Waals surface area contributed by atoms with Crippen molar-refractivity contribution in [3.8, 4) is 11.1 Å². The van der Waals surface area contributed by atoms with Crippen molar-refractivity contribution in [1.82, 2.24) is 30.0 Å². The van der Waals surface area contributed by atoms with Gasteiger partial charge in [0, 0.05) is 23.5 Å². The Kier molecular flexibility index (Phi) is 5.90. The number of rotatable bonds is 7. The Hall–Kier alpha value is -4.88. The first-order valence-corrected chi connectivity index (χ1v) is 11.7. The summed E-state index contributed by atoms with van der Waals surface area (Å²) in [6.07, 6.45) is 4.14. The van der Waals surface area contributed by atoms with Crippen LogP contribution in [-0.4, -0.2) is 67.5 Å². The van der Waals surface area contributed by atoms with E-state index in [0.29, 0.717) is 13.1 Å². The van der Waals surface area contributed by atoms with E-state index in [4.69, 9.17) is 9.47 Å². The molecule has 2 aromatic heterocycles. The van der Waals surface area contributed by atoms with E-state index in [9.17, 15) is 9.59 Å². The van der Waals surface area contributed by atoms with Crippen molar-refractivity contribution < 1.29 is 27.8 Å². The lowest BCUT2D eigenvalue weighted by molar-refractivity contribution is 0.128. The molecule has 2 aliphatic heterocycles. The Morgan fingerprint density at radius 1 is 0.737 bits per heavy atom. The first kappa shape index (κ1) is 23.5. The van der Waals surface area contributed by atoms with Crippen LogP contribution >= 0.6 is 0 Å². The molecule has 38 heavy (non-hydrogen) atoms. The van der Waals surface area contributed by atoms with E-state index in [-0.39, 0.29) is 35.6 Å². The fourth-order valence-corrected chi connectivity index (χ4v) is 4.51. The maximum Gasteiger partial charge on any atom is 0.414 e. The van der Waals surface area contributed by atoms with Crippen molar-refractivity contribution in [3.63, 3.8) is 0 Å².